The number of aliphatic imine (C=N–C) groups is 1. The highest BCUT2D eigenvalue weighted by Gasteiger charge is 2.11. The zero-order valence-corrected chi connectivity index (χ0v) is 15.8. The van der Waals surface area contributed by atoms with E-state index in [2.05, 4.69) is 26.8 Å². The third kappa shape index (κ3) is 4.77. The molecule has 0 aromatic heterocycles. The monoisotopic (exact) mass is 405 g/mol. The molecule has 2 aromatic rings. The number of hydrogen-bond acceptors (Lipinski definition) is 3. The second-order valence-corrected chi connectivity index (χ2v) is 6.24. The lowest BCUT2D eigenvalue weighted by Gasteiger charge is -2.13. The number of terminal acetylenes is 1. The van der Waals surface area contributed by atoms with E-state index in [9.17, 15) is 0 Å². The highest BCUT2D eigenvalue weighted by Crippen LogP contribution is 2.36. The van der Waals surface area contributed by atoms with Gasteiger partial charge in [-0.25, -0.2) is 0 Å². The third-order valence-corrected chi connectivity index (χ3v) is 3.98. The molecule has 2 rings (SSSR count). The Morgan fingerprint density at radius 2 is 2.08 bits per heavy atom. The Bertz CT molecular complexity index is 797. The van der Waals surface area contributed by atoms with Crippen LogP contribution in [0, 0.1) is 19.3 Å². The first kappa shape index (κ1) is 18.4. The van der Waals surface area contributed by atoms with Crippen LogP contribution in [0.4, 0.5) is 5.69 Å². The van der Waals surface area contributed by atoms with Crippen LogP contribution >= 0.6 is 27.5 Å². The minimum Gasteiger partial charge on any atom is -0.490 e. The predicted octanol–water partition coefficient (Wildman–Crippen LogP) is 5.57. The number of halogens is 2. The maximum absolute atomic E-state index is 6.03. The summed E-state index contributed by atoms with van der Waals surface area (Å²) in [6.45, 7) is 4.59. The van der Waals surface area contributed by atoms with Crippen molar-refractivity contribution in [3.8, 4) is 23.8 Å². The lowest BCUT2D eigenvalue weighted by atomic mass is 10.2. The summed E-state index contributed by atoms with van der Waals surface area (Å²) in [7, 11) is 0. The summed E-state index contributed by atoms with van der Waals surface area (Å²) in [4.78, 5) is 4.51. The summed E-state index contributed by atoms with van der Waals surface area (Å²) < 4.78 is 12.0. The van der Waals surface area contributed by atoms with Crippen molar-refractivity contribution < 1.29 is 9.47 Å². The van der Waals surface area contributed by atoms with E-state index in [1.165, 1.54) is 0 Å². The van der Waals surface area contributed by atoms with Crippen LogP contribution in [-0.4, -0.2) is 19.4 Å². The molecule has 0 amide bonds. The van der Waals surface area contributed by atoms with Crippen LogP contribution in [0.5, 0.6) is 11.5 Å². The molecule has 0 atom stereocenters. The molecule has 0 aliphatic carbocycles. The lowest BCUT2D eigenvalue weighted by molar-refractivity contribution is 0.298. The molecule has 0 bridgehead atoms. The fraction of sp³-hybridized carbons (Fsp3) is 0.211. The van der Waals surface area contributed by atoms with Gasteiger partial charge in [-0.3, -0.25) is 4.99 Å². The second kappa shape index (κ2) is 8.77. The zero-order valence-electron chi connectivity index (χ0n) is 13.5. The third-order valence-electron chi connectivity index (χ3n) is 3.16. The van der Waals surface area contributed by atoms with Gasteiger partial charge in [0.15, 0.2) is 11.5 Å². The maximum atomic E-state index is 6.03. The molecule has 0 unspecified atom stereocenters. The van der Waals surface area contributed by atoms with Gasteiger partial charge in [-0.05, 0) is 65.2 Å². The fourth-order valence-corrected chi connectivity index (χ4v) is 2.79. The number of ether oxygens (including phenoxy) is 2. The van der Waals surface area contributed by atoms with Crippen LogP contribution in [-0.2, 0) is 0 Å². The molecule has 0 saturated carbocycles. The summed E-state index contributed by atoms with van der Waals surface area (Å²) in [5.74, 6) is 3.65. The molecule has 24 heavy (non-hydrogen) atoms. The van der Waals surface area contributed by atoms with Gasteiger partial charge >= 0.3 is 0 Å². The molecule has 0 N–H and O–H groups in total. The molecular formula is C19H17BrClNO2. The van der Waals surface area contributed by atoms with E-state index < -0.39 is 0 Å². The van der Waals surface area contributed by atoms with Gasteiger partial charge in [-0.1, -0.05) is 23.6 Å². The van der Waals surface area contributed by atoms with Gasteiger partial charge in [-0.15, -0.1) is 6.42 Å². The Morgan fingerprint density at radius 1 is 1.29 bits per heavy atom. The number of nitrogens with zero attached hydrogens (tertiary/aromatic N) is 1. The first-order valence-electron chi connectivity index (χ1n) is 7.38. The molecule has 0 fully saturated rings. The Hall–Kier alpha value is -1.96. The summed E-state index contributed by atoms with van der Waals surface area (Å²) >= 11 is 9.52. The summed E-state index contributed by atoms with van der Waals surface area (Å²) in [5, 5.41) is 0.655. The van der Waals surface area contributed by atoms with E-state index in [0.29, 0.717) is 23.1 Å². The topological polar surface area (TPSA) is 30.8 Å². The molecule has 0 aliphatic rings. The SMILES string of the molecule is C#CCOc1c(Br)cc(C=Nc2cc(Cl)ccc2C)cc1OCC. The first-order chi connectivity index (χ1) is 11.5. The fourth-order valence-electron chi connectivity index (χ4n) is 2.05. The molecular weight excluding hydrogens is 390 g/mol. The summed E-state index contributed by atoms with van der Waals surface area (Å²) in [6, 6.07) is 9.38. The standard InChI is InChI=1S/C19H17BrClNO2/c1-4-8-24-19-16(20)9-14(10-18(19)23-5-2)12-22-17-11-15(21)7-6-13(17)3/h1,6-7,9-12H,5,8H2,2-3H3. The van der Waals surface area contributed by atoms with Gasteiger partial charge in [0.25, 0.3) is 0 Å². The molecule has 0 aliphatic heterocycles. The van der Waals surface area contributed by atoms with E-state index in [1.807, 2.05) is 44.2 Å². The molecule has 124 valence electrons. The summed E-state index contributed by atoms with van der Waals surface area (Å²) in [6.07, 6.45) is 7.02. The van der Waals surface area contributed by atoms with E-state index in [1.54, 1.807) is 6.21 Å². The molecule has 5 heteroatoms. The molecule has 2 aromatic carbocycles. The Morgan fingerprint density at radius 3 is 2.79 bits per heavy atom. The lowest BCUT2D eigenvalue weighted by Crippen LogP contribution is -2.01. The van der Waals surface area contributed by atoms with Crippen molar-refractivity contribution in [3.63, 3.8) is 0 Å². The second-order valence-electron chi connectivity index (χ2n) is 4.94. The smallest absolute Gasteiger partial charge is 0.176 e. The number of benzene rings is 2. The number of hydrogen-bond donors (Lipinski definition) is 0. The molecule has 0 spiro atoms. The van der Waals surface area contributed by atoms with Crippen molar-refractivity contribution >= 4 is 39.4 Å². The average Bonchev–Trinajstić information content (AvgIpc) is 2.55. The largest absolute Gasteiger partial charge is 0.490 e. The van der Waals surface area contributed by atoms with E-state index in [0.717, 1.165) is 21.3 Å². The van der Waals surface area contributed by atoms with Gasteiger partial charge in [0.05, 0.1) is 16.8 Å². The van der Waals surface area contributed by atoms with Crippen molar-refractivity contribution in [2.45, 2.75) is 13.8 Å². The molecule has 0 heterocycles. The van der Waals surface area contributed by atoms with Crippen LogP contribution < -0.4 is 9.47 Å². The van der Waals surface area contributed by atoms with Crippen molar-refractivity contribution in [3.05, 3.63) is 51.0 Å². The Labute approximate surface area is 155 Å². The van der Waals surface area contributed by atoms with Gasteiger partial charge in [0.1, 0.15) is 6.61 Å². The van der Waals surface area contributed by atoms with E-state index >= 15 is 0 Å². The molecule has 3 nitrogen and oxygen atoms in total. The van der Waals surface area contributed by atoms with Crippen molar-refractivity contribution in [1.82, 2.24) is 0 Å². The van der Waals surface area contributed by atoms with Crippen LogP contribution in [0.15, 0.2) is 39.8 Å². The van der Waals surface area contributed by atoms with Crippen molar-refractivity contribution in [1.29, 1.82) is 0 Å². The van der Waals surface area contributed by atoms with Gasteiger partial charge in [-0.2, -0.15) is 0 Å². The molecule has 0 radical (unpaired) electrons. The first-order valence-corrected chi connectivity index (χ1v) is 8.55. The zero-order chi connectivity index (χ0) is 17.5. The van der Waals surface area contributed by atoms with Crippen LogP contribution in [0.3, 0.4) is 0 Å². The van der Waals surface area contributed by atoms with Crippen LogP contribution in [0.1, 0.15) is 18.1 Å². The van der Waals surface area contributed by atoms with E-state index in [-0.39, 0.29) is 6.61 Å². The maximum Gasteiger partial charge on any atom is 0.176 e. The van der Waals surface area contributed by atoms with Crippen molar-refractivity contribution in [2.75, 3.05) is 13.2 Å². The van der Waals surface area contributed by atoms with Gasteiger partial charge in [0.2, 0.25) is 0 Å². The minimum absolute atomic E-state index is 0.174. The summed E-state index contributed by atoms with van der Waals surface area (Å²) in [5.41, 5.74) is 2.75. The quantitative estimate of drug-likeness (QED) is 0.463. The Balaban J connectivity index is 2.35. The highest BCUT2D eigenvalue weighted by molar-refractivity contribution is 9.10. The number of rotatable bonds is 6. The normalized spacial score (nSPS) is 10.6. The molecule has 0 saturated heterocycles. The predicted molar refractivity (Wildman–Crippen MR) is 103 cm³/mol. The van der Waals surface area contributed by atoms with Crippen molar-refractivity contribution in [2.24, 2.45) is 4.99 Å². The van der Waals surface area contributed by atoms with Gasteiger partial charge in [0, 0.05) is 11.2 Å². The van der Waals surface area contributed by atoms with Crippen LogP contribution in [0.25, 0.3) is 0 Å². The number of aryl methyl sites for hydroxylation is 1. The van der Waals surface area contributed by atoms with Crippen LogP contribution in [0.2, 0.25) is 5.02 Å². The van der Waals surface area contributed by atoms with E-state index in [4.69, 9.17) is 27.5 Å². The highest BCUT2D eigenvalue weighted by atomic mass is 79.9. The average molecular weight is 407 g/mol. The van der Waals surface area contributed by atoms with Gasteiger partial charge < -0.3 is 9.47 Å². The Kier molecular flexibility index (Phi) is 6.72. The minimum atomic E-state index is 0.174.